The fourth-order valence-corrected chi connectivity index (χ4v) is 3.20. The third-order valence-electron chi connectivity index (χ3n) is 4.44. The lowest BCUT2D eigenvalue weighted by Gasteiger charge is -2.32. The van der Waals surface area contributed by atoms with E-state index in [0.717, 1.165) is 32.8 Å². The van der Waals surface area contributed by atoms with Crippen molar-refractivity contribution >= 4 is 5.69 Å². The van der Waals surface area contributed by atoms with Crippen LogP contribution in [0, 0.1) is 0 Å². The molecule has 3 rings (SSSR count). The normalized spacial score (nSPS) is 21.1. The van der Waals surface area contributed by atoms with E-state index in [1.807, 2.05) is 0 Å². The molecule has 5 heteroatoms. The highest BCUT2D eigenvalue weighted by Crippen LogP contribution is 2.28. The summed E-state index contributed by atoms with van der Waals surface area (Å²) < 4.78 is 5.39. The van der Waals surface area contributed by atoms with Crippen LogP contribution in [0.5, 0.6) is 0 Å². The lowest BCUT2D eigenvalue weighted by molar-refractivity contribution is 0.00404. The van der Waals surface area contributed by atoms with Gasteiger partial charge in [-0.25, -0.2) is 10.4 Å². The van der Waals surface area contributed by atoms with Crippen molar-refractivity contribution in [3.05, 3.63) is 29.3 Å². The van der Waals surface area contributed by atoms with Crippen LogP contribution in [0.2, 0.25) is 0 Å². The van der Waals surface area contributed by atoms with Gasteiger partial charge in [-0.15, -0.1) is 0 Å². The Morgan fingerprint density at radius 3 is 2.86 bits per heavy atom. The smallest absolute Gasteiger partial charge is 0.0608 e. The SMILES string of the molecule is CN1CCCc2cc(C(CN)NN3CCOCC3)ccc21. The Morgan fingerprint density at radius 1 is 1.29 bits per heavy atom. The van der Waals surface area contributed by atoms with Crippen LogP contribution in [-0.4, -0.2) is 51.4 Å². The zero-order chi connectivity index (χ0) is 14.7. The van der Waals surface area contributed by atoms with Crippen LogP contribution in [-0.2, 0) is 11.2 Å². The summed E-state index contributed by atoms with van der Waals surface area (Å²) in [5.41, 5.74) is 13.7. The summed E-state index contributed by atoms with van der Waals surface area (Å²) in [6.45, 7) is 5.18. The number of ether oxygens (including phenoxy) is 1. The molecule has 0 saturated carbocycles. The van der Waals surface area contributed by atoms with Crippen LogP contribution in [0.1, 0.15) is 23.6 Å². The third kappa shape index (κ3) is 3.37. The minimum Gasteiger partial charge on any atom is -0.379 e. The minimum absolute atomic E-state index is 0.181. The molecular formula is C16H26N4O. The van der Waals surface area contributed by atoms with E-state index in [2.05, 4.69) is 40.6 Å². The Morgan fingerprint density at radius 2 is 2.10 bits per heavy atom. The van der Waals surface area contributed by atoms with Gasteiger partial charge in [-0.1, -0.05) is 12.1 Å². The first-order valence-electron chi connectivity index (χ1n) is 7.91. The number of hydrogen-bond acceptors (Lipinski definition) is 5. The van der Waals surface area contributed by atoms with Crippen molar-refractivity contribution in [2.75, 3.05) is 51.3 Å². The maximum absolute atomic E-state index is 5.99. The van der Waals surface area contributed by atoms with Gasteiger partial charge >= 0.3 is 0 Å². The van der Waals surface area contributed by atoms with Crippen LogP contribution in [0.25, 0.3) is 0 Å². The zero-order valence-electron chi connectivity index (χ0n) is 12.8. The van der Waals surface area contributed by atoms with E-state index in [-0.39, 0.29) is 6.04 Å². The van der Waals surface area contributed by atoms with Crippen molar-refractivity contribution in [3.8, 4) is 0 Å². The summed E-state index contributed by atoms with van der Waals surface area (Å²) in [6.07, 6.45) is 2.40. The van der Waals surface area contributed by atoms with Crippen LogP contribution < -0.4 is 16.1 Å². The van der Waals surface area contributed by atoms with Gasteiger partial charge in [0.2, 0.25) is 0 Å². The van der Waals surface area contributed by atoms with E-state index in [9.17, 15) is 0 Å². The maximum Gasteiger partial charge on any atom is 0.0608 e. The van der Waals surface area contributed by atoms with Crippen LogP contribution >= 0.6 is 0 Å². The standard InChI is InChI=1S/C16H26N4O/c1-19-6-2-3-14-11-13(4-5-16(14)19)15(12-17)18-20-7-9-21-10-8-20/h4-5,11,15,18H,2-3,6-10,12,17H2,1H3. The van der Waals surface area contributed by atoms with E-state index < -0.39 is 0 Å². The van der Waals surface area contributed by atoms with Crippen molar-refractivity contribution in [2.45, 2.75) is 18.9 Å². The van der Waals surface area contributed by atoms with Gasteiger partial charge in [0.15, 0.2) is 0 Å². The predicted octanol–water partition coefficient (Wildman–Crippen LogP) is 0.906. The van der Waals surface area contributed by atoms with Crippen molar-refractivity contribution in [1.82, 2.24) is 10.4 Å². The fraction of sp³-hybridized carbons (Fsp3) is 0.625. The molecule has 2 heterocycles. The number of aryl methyl sites for hydroxylation is 1. The zero-order valence-corrected chi connectivity index (χ0v) is 12.8. The summed E-state index contributed by atoms with van der Waals surface area (Å²) >= 11 is 0. The Balaban J connectivity index is 1.74. The molecule has 21 heavy (non-hydrogen) atoms. The Bertz CT molecular complexity index is 473. The molecule has 2 aliphatic rings. The first-order valence-corrected chi connectivity index (χ1v) is 7.91. The number of benzene rings is 1. The molecule has 1 atom stereocenters. The first kappa shape index (κ1) is 14.8. The molecule has 1 aromatic carbocycles. The van der Waals surface area contributed by atoms with Crippen LogP contribution in [0.4, 0.5) is 5.69 Å². The van der Waals surface area contributed by atoms with E-state index >= 15 is 0 Å². The van der Waals surface area contributed by atoms with Gasteiger partial charge in [-0.05, 0) is 30.0 Å². The highest BCUT2D eigenvalue weighted by atomic mass is 16.5. The average molecular weight is 290 g/mol. The molecule has 116 valence electrons. The van der Waals surface area contributed by atoms with Crippen molar-refractivity contribution in [1.29, 1.82) is 0 Å². The van der Waals surface area contributed by atoms with Gasteiger partial charge in [-0.2, -0.15) is 0 Å². The Hall–Kier alpha value is -1.14. The summed E-state index contributed by atoms with van der Waals surface area (Å²) in [7, 11) is 2.17. The molecule has 0 aromatic heterocycles. The monoisotopic (exact) mass is 290 g/mol. The van der Waals surface area contributed by atoms with Crippen LogP contribution in [0.15, 0.2) is 18.2 Å². The van der Waals surface area contributed by atoms with E-state index in [1.54, 1.807) is 0 Å². The second-order valence-corrected chi connectivity index (χ2v) is 5.93. The number of rotatable bonds is 4. The van der Waals surface area contributed by atoms with Crippen molar-refractivity contribution in [3.63, 3.8) is 0 Å². The third-order valence-corrected chi connectivity index (χ3v) is 4.44. The number of fused-ring (bicyclic) bond motifs is 1. The lowest BCUT2D eigenvalue weighted by atomic mass is 9.97. The quantitative estimate of drug-likeness (QED) is 0.863. The number of hydrogen-bond donors (Lipinski definition) is 2. The largest absolute Gasteiger partial charge is 0.379 e. The molecule has 0 bridgehead atoms. The maximum atomic E-state index is 5.99. The molecule has 5 nitrogen and oxygen atoms in total. The number of anilines is 1. The summed E-state index contributed by atoms with van der Waals surface area (Å²) in [5, 5.41) is 2.23. The van der Waals surface area contributed by atoms with Gasteiger partial charge in [-0.3, -0.25) is 0 Å². The van der Waals surface area contributed by atoms with E-state index in [4.69, 9.17) is 10.5 Å². The van der Waals surface area contributed by atoms with Gasteiger partial charge in [0, 0.05) is 38.9 Å². The molecule has 1 aromatic rings. The van der Waals surface area contributed by atoms with E-state index in [1.165, 1.54) is 29.7 Å². The van der Waals surface area contributed by atoms with Gasteiger partial charge in [0.25, 0.3) is 0 Å². The number of morpholine rings is 1. The van der Waals surface area contributed by atoms with Crippen molar-refractivity contribution in [2.24, 2.45) is 5.73 Å². The second-order valence-electron chi connectivity index (χ2n) is 5.93. The molecular weight excluding hydrogens is 264 g/mol. The first-order chi connectivity index (χ1) is 10.3. The molecule has 3 N–H and O–H groups in total. The molecule has 0 radical (unpaired) electrons. The molecule has 1 saturated heterocycles. The van der Waals surface area contributed by atoms with Gasteiger partial charge in [0.1, 0.15) is 0 Å². The highest BCUT2D eigenvalue weighted by Gasteiger charge is 2.19. The summed E-state index contributed by atoms with van der Waals surface area (Å²) in [4.78, 5) is 2.34. The number of nitrogens with zero attached hydrogens (tertiary/aromatic N) is 2. The van der Waals surface area contributed by atoms with Crippen LogP contribution in [0.3, 0.4) is 0 Å². The molecule has 1 unspecified atom stereocenters. The minimum atomic E-state index is 0.181. The lowest BCUT2D eigenvalue weighted by Crippen LogP contribution is -2.48. The molecule has 2 aliphatic heterocycles. The fourth-order valence-electron chi connectivity index (χ4n) is 3.20. The average Bonchev–Trinajstić information content (AvgIpc) is 2.53. The molecule has 0 amide bonds. The van der Waals surface area contributed by atoms with Gasteiger partial charge < -0.3 is 15.4 Å². The molecule has 1 fully saturated rings. The van der Waals surface area contributed by atoms with Crippen molar-refractivity contribution < 1.29 is 4.74 Å². The topological polar surface area (TPSA) is 53.8 Å². The number of nitrogens with two attached hydrogens (primary N) is 1. The Kier molecular flexibility index (Phi) is 4.75. The summed E-state index contributed by atoms with van der Waals surface area (Å²) in [5.74, 6) is 0. The highest BCUT2D eigenvalue weighted by molar-refractivity contribution is 5.56. The summed E-state index contributed by atoms with van der Waals surface area (Å²) in [6, 6.07) is 6.97. The second kappa shape index (κ2) is 6.75. The van der Waals surface area contributed by atoms with E-state index in [0.29, 0.717) is 6.54 Å². The number of nitrogens with one attached hydrogen (secondary N) is 1. The molecule has 0 aliphatic carbocycles. The predicted molar refractivity (Wildman–Crippen MR) is 85.4 cm³/mol. The van der Waals surface area contributed by atoms with Gasteiger partial charge in [0.05, 0.1) is 19.3 Å². The number of hydrazine groups is 1. The Labute approximate surface area is 127 Å². The molecule has 0 spiro atoms.